The zero-order valence-corrected chi connectivity index (χ0v) is 18.5. The Hall–Kier alpha value is -0.580. The first kappa shape index (κ1) is 24.5. The number of rotatable bonds is 16. The summed E-state index contributed by atoms with van der Waals surface area (Å²) in [6.45, 7) is 2.26. The van der Waals surface area contributed by atoms with Crippen molar-refractivity contribution in [3.8, 4) is 0 Å². The summed E-state index contributed by atoms with van der Waals surface area (Å²) < 4.78 is 32.2. The van der Waals surface area contributed by atoms with Crippen LogP contribution in [0.1, 0.15) is 102 Å². The Morgan fingerprint density at radius 2 is 1.22 bits per heavy atom. The van der Waals surface area contributed by atoms with Gasteiger partial charge in [0.25, 0.3) is 10.1 Å². The van der Waals surface area contributed by atoms with Crippen molar-refractivity contribution in [3.05, 3.63) is 28.8 Å². The average Bonchev–Trinajstić information content (AvgIpc) is 2.62. The molecule has 1 aromatic carbocycles. The second kappa shape index (κ2) is 14.4. The van der Waals surface area contributed by atoms with Gasteiger partial charge in [0.1, 0.15) is 0 Å². The highest BCUT2D eigenvalue weighted by molar-refractivity contribution is 7.85. The van der Waals surface area contributed by atoms with Crippen LogP contribution in [0.25, 0.3) is 0 Å². The van der Waals surface area contributed by atoms with Crippen LogP contribution >= 0.6 is 11.6 Å². The molecule has 1 aromatic rings. The largest absolute Gasteiger partial charge is 0.294 e. The zero-order chi connectivity index (χ0) is 20.0. The topological polar surface area (TPSA) is 54.4 Å². The maximum atomic E-state index is 11.5. The normalized spacial score (nSPS) is 11.8. The molecule has 0 saturated heterocycles. The molecule has 0 aliphatic rings. The Morgan fingerprint density at radius 3 is 1.67 bits per heavy atom. The van der Waals surface area contributed by atoms with Crippen molar-refractivity contribution in [1.29, 1.82) is 0 Å². The molecule has 1 N–H and O–H groups in total. The molecular weight excluding hydrogens is 380 g/mol. The van der Waals surface area contributed by atoms with E-state index in [2.05, 4.69) is 6.92 Å². The van der Waals surface area contributed by atoms with Crippen LogP contribution < -0.4 is 0 Å². The summed E-state index contributed by atoms with van der Waals surface area (Å²) in [5.74, 6) is 0. The van der Waals surface area contributed by atoms with Gasteiger partial charge in [-0.25, -0.2) is 0 Å². The van der Waals surface area contributed by atoms with E-state index in [1.807, 2.05) is 0 Å². The van der Waals surface area contributed by atoms with Crippen molar-refractivity contribution in [1.82, 2.24) is 0 Å². The van der Waals surface area contributed by atoms with Crippen molar-refractivity contribution < 1.29 is 13.0 Å². The minimum Gasteiger partial charge on any atom is -0.282 e. The van der Waals surface area contributed by atoms with Crippen molar-refractivity contribution in [2.75, 3.05) is 0 Å². The lowest BCUT2D eigenvalue weighted by atomic mass is 10.0. The third-order valence-electron chi connectivity index (χ3n) is 5.13. The molecule has 0 bridgehead atoms. The van der Waals surface area contributed by atoms with Gasteiger partial charge < -0.3 is 0 Å². The van der Waals surface area contributed by atoms with Crippen LogP contribution in [-0.4, -0.2) is 13.0 Å². The molecule has 0 aliphatic carbocycles. The molecule has 0 saturated carbocycles. The molecular formula is C22H37ClO3S. The van der Waals surface area contributed by atoms with E-state index >= 15 is 0 Å². The Bertz CT molecular complexity index is 614. The Labute approximate surface area is 171 Å². The third kappa shape index (κ3) is 11.1. The van der Waals surface area contributed by atoms with Crippen molar-refractivity contribution in [2.24, 2.45) is 0 Å². The minimum absolute atomic E-state index is 0.0512. The quantitative estimate of drug-likeness (QED) is 0.223. The van der Waals surface area contributed by atoms with Gasteiger partial charge in [0.15, 0.2) is 0 Å². The summed E-state index contributed by atoms with van der Waals surface area (Å²) in [4.78, 5) is -0.0512. The lowest BCUT2D eigenvalue weighted by molar-refractivity contribution is 0.481. The minimum atomic E-state index is -4.21. The van der Waals surface area contributed by atoms with Gasteiger partial charge in [-0.1, -0.05) is 108 Å². The van der Waals surface area contributed by atoms with E-state index in [-0.39, 0.29) is 4.90 Å². The van der Waals surface area contributed by atoms with Crippen molar-refractivity contribution in [2.45, 2.75) is 108 Å². The van der Waals surface area contributed by atoms with Crippen LogP contribution in [0.3, 0.4) is 0 Å². The molecule has 156 valence electrons. The number of benzene rings is 1. The molecule has 5 heteroatoms. The van der Waals surface area contributed by atoms with E-state index in [1.165, 1.54) is 83.1 Å². The van der Waals surface area contributed by atoms with Gasteiger partial charge in [-0.2, -0.15) is 8.42 Å². The maximum Gasteiger partial charge on any atom is 0.294 e. The smallest absolute Gasteiger partial charge is 0.282 e. The zero-order valence-electron chi connectivity index (χ0n) is 16.9. The van der Waals surface area contributed by atoms with Crippen LogP contribution in [0.5, 0.6) is 0 Å². The van der Waals surface area contributed by atoms with Crippen LogP contribution in [-0.2, 0) is 16.5 Å². The Balaban J connectivity index is 2.06. The average molecular weight is 417 g/mol. The second-order valence-electron chi connectivity index (χ2n) is 7.54. The standard InChI is InChI=1S/C22H37ClO3S/c1-2-3-4-5-6-7-8-9-10-11-12-13-14-15-17-20-21(23)18-16-19-22(20)27(24,25)26/h16,18-19H,2-15,17H2,1H3,(H,24,25,26). The molecule has 0 aromatic heterocycles. The van der Waals surface area contributed by atoms with E-state index in [0.717, 1.165) is 12.8 Å². The molecule has 27 heavy (non-hydrogen) atoms. The molecule has 0 unspecified atom stereocenters. The third-order valence-corrected chi connectivity index (χ3v) is 6.43. The Kier molecular flexibility index (Phi) is 13.1. The molecule has 1 rings (SSSR count). The van der Waals surface area contributed by atoms with Gasteiger partial charge in [0.2, 0.25) is 0 Å². The monoisotopic (exact) mass is 416 g/mol. The molecule has 0 aliphatic heterocycles. The predicted octanol–water partition coefficient (Wildman–Crippen LogP) is 7.61. The summed E-state index contributed by atoms with van der Waals surface area (Å²) in [5.41, 5.74) is 0.542. The van der Waals surface area contributed by atoms with Crippen molar-refractivity contribution >= 4 is 21.7 Å². The van der Waals surface area contributed by atoms with E-state index in [9.17, 15) is 13.0 Å². The lowest BCUT2D eigenvalue weighted by Crippen LogP contribution is -2.04. The predicted molar refractivity (Wildman–Crippen MR) is 115 cm³/mol. The first-order chi connectivity index (χ1) is 13.0. The van der Waals surface area contributed by atoms with Gasteiger partial charge in [0, 0.05) is 5.02 Å². The van der Waals surface area contributed by atoms with E-state index < -0.39 is 10.1 Å². The van der Waals surface area contributed by atoms with Gasteiger partial charge in [0.05, 0.1) is 4.90 Å². The van der Waals surface area contributed by atoms with E-state index in [1.54, 1.807) is 12.1 Å². The summed E-state index contributed by atoms with van der Waals surface area (Å²) in [7, 11) is -4.21. The van der Waals surface area contributed by atoms with Gasteiger partial charge in [-0.15, -0.1) is 0 Å². The molecule has 0 radical (unpaired) electrons. The fourth-order valence-electron chi connectivity index (χ4n) is 3.52. The number of unbranched alkanes of at least 4 members (excludes halogenated alkanes) is 13. The molecule has 0 heterocycles. The second-order valence-corrected chi connectivity index (χ2v) is 9.33. The molecule has 0 fully saturated rings. The summed E-state index contributed by atoms with van der Waals surface area (Å²) in [5, 5.41) is 0.416. The fraction of sp³-hybridized carbons (Fsp3) is 0.727. The van der Waals surface area contributed by atoms with Crippen LogP contribution in [0.15, 0.2) is 23.1 Å². The summed E-state index contributed by atoms with van der Waals surface area (Å²) in [6.07, 6.45) is 18.6. The van der Waals surface area contributed by atoms with E-state index in [4.69, 9.17) is 11.6 Å². The van der Waals surface area contributed by atoms with Gasteiger partial charge in [-0.3, -0.25) is 4.55 Å². The highest BCUT2D eigenvalue weighted by Crippen LogP contribution is 2.26. The molecule has 3 nitrogen and oxygen atoms in total. The summed E-state index contributed by atoms with van der Waals surface area (Å²) in [6, 6.07) is 4.65. The number of halogens is 1. The molecule has 0 spiro atoms. The maximum absolute atomic E-state index is 11.5. The van der Waals surface area contributed by atoms with Crippen LogP contribution in [0.2, 0.25) is 5.02 Å². The van der Waals surface area contributed by atoms with Gasteiger partial charge in [-0.05, 0) is 30.5 Å². The summed E-state index contributed by atoms with van der Waals surface area (Å²) >= 11 is 6.12. The highest BCUT2D eigenvalue weighted by atomic mass is 35.5. The van der Waals surface area contributed by atoms with Crippen molar-refractivity contribution in [3.63, 3.8) is 0 Å². The van der Waals surface area contributed by atoms with Crippen LogP contribution in [0.4, 0.5) is 0 Å². The van der Waals surface area contributed by atoms with Gasteiger partial charge >= 0.3 is 0 Å². The fourth-order valence-corrected chi connectivity index (χ4v) is 4.62. The first-order valence-electron chi connectivity index (χ1n) is 10.7. The number of hydrogen-bond acceptors (Lipinski definition) is 2. The molecule has 0 atom stereocenters. The number of hydrogen-bond donors (Lipinski definition) is 1. The van der Waals surface area contributed by atoms with Crippen LogP contribution in [0, 0.1) is 0 Å². The molecule has 0 amide bonds. The highest BCUT2D eigenvalue weighted by Gasteiger charge is 2.17. The SMILES string of the molecule is CCCCCCCCCCCCCCCCc1c(Cl)cccc1S(=O)(=O)O. The van der Waals surface area contributed by atoms with E-state index in [0.29, 0.717) is 17.0 Å². The Morgan fingerprint density at radius 1 is 0.778 bits per heavy atom. The first-order valence-corrected chi connectivity index (χ1v) is 12.5. The lowest BCUT2D eigenvalue weighted by Gasteiger charge is -2.09.